The maximum atomic E-state index is 11.8. The van der Waals surface area contributed by atoms with Crippen LogP contribution >= 0.6 is 0 Å². The van der Waals surface area contributed by atoms with Crippen LogP contribution in [0.3, 0.4) is 0 Å². The van der Waals surface area contributed by atoms with Crippen LogP contribution in [0.4, 0.5) is 11.4 Å². The van der Waals surface area contributed by atoms with Gasteiger partial charge in [0.25, 0.3) is 5.69 Å². The molecule has 1 aromatic carbocycles. The largest absolute Gasteiger partial charge is 0.371 e. The standard InChI is InChI=1S/C15H23N5O3/c21-15(17-6-3-9-19-10-7-16-8-11-19)12-18-13-4-1-2-5-14(13)20(22)23/h1-2,4-5,16,18H,3,6-12H2,(H,17,21). The van der Waals surface area contributed by atoms with E-state index in [0.717, 1.165) is 39.1 Å². The van der Waals surface area contributed by atoms with E-state index in [2.05, 4.69) is 20.9 Å². The number of carbonyl (C=O) groups is 1. The second-order valence-electron chi connectivity index (χ2n) is 5.42. The zero-order valence-electron chi connectivity index (χ0n) is 13.1. The van der Waals surface area contributed by atoms with Crippen LogP contribution < -0.4 is 16.0 Å². The van der Waals surface area contributed by atoms with E-state index in [9.17, 15) is 14.9 Å². The molecule has 3 N–H and O–H groups in total. The highest BCUT2D eigenvalue weighted by Crippen LogP contribution is 2.22. The van der Waals surface area contributed by atoms with Gasteiger partial charge < -0.3 is 20.9 Å². The molecule has 23 heavy (non-hydrogen) atoms. The van der Waals surface area contributed by atoms with Crippen LogP contribution in [0.5, 0.6) is 0 Å². The molecule has 126 valence electrons. The highest BCUT2D eigenvalue weighted by Gasteiger charge is 2.13. The van der Waals surface area contributed by atoms with E-state index in [1.165, 1.54) is 6.07 Å². The van der Waals surface area contributed by atoms with Crippen molar-refractivity contribution in [1.29, 1.82) is 0 Å². The summed E-state index contributed by atoms with van der Waals surface area (Å²) in [5.41, 5.74) is 0.326. The average molecular weight is 321 g/mol. The summed E-state index contributed by atoms with van der Waals surface area (Å²) in [6.07, 6.45) is 0.900. The minimum absolute atomic E-state index is 0.0263. The molecule has 1 fully saturated rings. The molecule has 0 bridgehead atoms. The molecule has 0 saturated carbocycles. The van der Waals surface area contributed by atoms with Gasteiger partial charge in [-0.3, -0.25) is 14.9 Å². The van der Waals surface area contributed by atoms with E-state index in [4.69, 9.17) is 0 Å². The summed E-state index contributed by atoms with van der Waals surface area (Å²) < 4.78 is 0. The van der Waals surface area contributed by atoms with Gasteiger partial charge in [0.05, 0.1) is 11.5 Å². The molecule has 8 nitrogen and oxygen atoms in total. The predicted molar refractivity (Wildman–Crippen MR) is 88.5 cm³/mol. The molecule has 0 atom stereocenters. The van der Waals surface area contributed by atoms with Crippen molar-refractivity contribution in [2.45, 2.75) is 6.42 Å². The lowest BCUT2D eigenvalue weighted by atomic mass is 10.2. The molecule has 0 aliphatic carbocycles. The first-order chi connectivity index (χ1) is 11.2. The first kappa shape index (κ1) is 17.2. The summed E-state index contributed by atoms with van der Waals surface area (Å²) >= 11 is 0. The first-order valence-electron chi connectivity index (χ1n) is 7.84. The molecule has 1 amide bonds. The number of benzene rings is 1. The predicted octanol–water partition coefficient (Wildman–Crippen LogP) is 0.418. The molecule has 2 rings (SSSR count). The van der Waals surface area contributed by atoms with Crippen molar-refractivity contribution in [3.05, 3.63) is 34.4 Å². The molecule has 1 aliphatic rings. The van der Waals surface area contributed by atoms with Gasteiger partial charge in [0.2, 0.25) is 5.91 Å². The number of piperazine rings is 1. The number of nitrogens with zero attached hydrogens (tertiary/aromatic N) is 2. The van der Waals surface area contributed by atoms with Gasteiger partial charge in [0, 0.05) is 38.8 Å². The Bertz CT molecular complexity index is 532. The summed E-state index contributed by atoms with van der Waals surface area (Å²) in [7, 11) is 0. The molecule has 0 aromatic heterocycles. The molecule has 1 aromatic rings. The number of amides is 1. The lowest BCUT2D eigenvalue weighted by Gasteiger charge is -2.27. The van der Waals surface area contributed by atoms with E-state index in [1.807, 2.05) is 0 Å². The third kappa shape index (κ3) is 5.84. The minimum Gasteiger partial charge on any atom is -0.371 e. The summed E-state index contributed by atoms with van der Waals surface area (Å²) in [5.74, 6) is -0.163. The van der Waals surface area contributed by atoms with Gasteiger partial charge in [0.1, 0.15) is 5.69 Å². The van der Waals surface area contributed by atoms with Gasteiger partial charge in [-0.1, -0.05) is 12.1 Å². The zero-order chi connectivity index (χ0) is 16.5. The second kappa shape index (κ2) is 9.06. The van der Waals surface area contributed by atoms with Crippen LogP contribution in [0, 0.1) is 10.1 Å². The van der Waals surface area contributed by atoms with E-state index in [0.29, 0.717) is 12.2 Å². The molecule has 0 spiro atoms. The number of hydrogen-bond donors (Lipinski definition) is 3. The van der Waals surface area contributed by atoms with Crippen molar-refractivity contribution >= 4 is 17.3 Å². The van der Waals surface area contributed by atoms with E-state index in [1.54, 1.807) is 18.2 Å². The van der Waals surface area contributed by atoms with Crippen molar-refractivity contribution in [3.63, 3.8) is 0 Å². The summed E-state index contributed by atoms with van der Waals surface area (Å²) in [6.45, 7) is 5.75. The van der Waals surface area contributed by atoms with Crippen LogP contribution in [0.25, 0.3) is 0 Å². The number of rotatable bonds is 8. The smallest absolute Gasteiger partial charge is 0.292 e. The monoisotopic (exact) mass is 321 g/mol. The fourth-order valence-electron chi connectivity index (χ4n) is 2.49. The SMILES string of the molecule is O=C(CNc1ccccc1[N+](=O)[O-])NCCCN1CCNCC1. The Balaban J connectivity index is 1.64. The Morgan fingerprint density at radius 2 is 2.04 bits per heavy atom. The van der Waals surface area contributed by atoms with Gasteiger partial charge in [-0.25, -0.2) is 0 Å². The Morgan fingerprint density at radius 1 is 1.30 bits per heavy atom. The van der Waals surface area contributed by atoms with Crippen LogP contribution in [-0.4, -0.2) is 61.5 Å². The molecule has 8 heteroatoms. The maximum Gasteiger partial charge on any atom is 0.292 e. The van der Waals surface area contributed by atoms with E-state index < -0.39 is 4.92 Å². The lowest BCUT2D eigenvalue weighted by Crippen LogP contribution is -2.44. The number of para-hydroxylation sites is 2. The van der Waals surface area contributed by atoms with Crippen molar-refractivity contribution in [2.75, 3.05) is 51.1 Å². The van der Waals surface area contributed by atoms with Gasteiger partial charge in [-0.2, -0.15) is 0 Å². The number of carbonyl (C=O) groups excluding carboxylic acids is 1. The average Bonchev–Trinajstić information content (AvgIpc) is 2.58. The van der Waals surface area contributed by atoms with Crippen LogP contribution in [-0.2, 0) is 4.79 Å². The molecule has 1 aliphatic heterocycles. The van der Waals surface area contributed by atoms with E-state index >= 15 is 0 Å². The Kier molecular flexibility index (Phi) is 6.76. The number of nitro benzene ring substituents is 1. The minimum atomic E-state index is -0.465. The Morgan fingerprint density at radius 3 is 2.78 bits per heavy atom. The van der Waals surface area contributed by atoms with Gasteiger partial charge in [-0.05, 0) is 19.0 Å². The van der Waals surface area contributed by atoms with Crippen molar-refractivity contribution in [1.82, 2.24) is 15.5 Å². The normalized spacial score (nSPS) is 15.1. The van der Waals surface area contributed by atoms with Crippen molar-refractivity contribution < 1.29 is 9.72 Å². The number of hydrogen-bond acceptors (Lipinski definition) is 6. The van der Waals surface area contributed by atoms with Gasteiger partial charge >= 0.3 is 0 Å². The van der Waals surface area contributed by atoms with Gasteiger partial charge in [0.15, 0.2) is 0 Å². The maximum absolute atomic E-state index is 11.8. The molecule has 1 heterocycles. The molecular formula is C15H23N5O3. The zero-order valence-corrected chi connectivity index (χ0v) is 13.1. The highest BCUT2D eigenvalue weighted by molar-refractivity contribution is 5.81. The van der Waals surface area contributed by atoms with E-state index in [-0.39, 0.29) is 18.1 Å². The third-order valence-electron chi connectivity index (χ3n) is 3.72. The summed E-state index contributed by atoms with van der Waals surface area (Å²) in [4.78, 5) is 24.6. The van der Waals surface area contributed by atoms with Crippen LogP contribution in [0.15, 0.2) is 24.3 Å². The van der Waals surface area contributed by atoms with Crippen LogP contribution in [0.1, 0.15) is 6.42 Å². The highest BCUT2D eigenvalue weighted by atomic mass is 16.6. The van der Waals surface area contributed by atoms with Gasteiger partial charge in [-0.15, -0.1) is 0 Å². The number of anilines is 1. The molecule has 0 radical (unpaired) electrons. The fourth-order valence-corrected chi connectivity index (χ4v) is 2.49. The third-order valence-corrected chi connectivity index (χ3v) is 3.72. The first-order valence-corrected chi connectivity index (χ1v) is 7.84. The van der Waals surface area contributed by atoms with Crippen molar-refractivity contribution in [2.24, 2.45) is 0 Å². The van der Waals surface area contributed by atoms with Crippen molar-refractivity contribution in [3.8, 4) is 0 Å². The Hall–Kier alpha value is -2.19. The Labute approximate surface area is 135 Å². The quantitative estimate of drug-likeness (QED) is 0.364. The number of nitro groups is 1. The van der Waals surface area contributed by atoms with Crippen LogP contribution in [0.2, 0.25) is 0 Å². The topological polar surface area (TPSA) is 99.5 Å². The summed E-state index contributed by atoms with van der Waals surface area (Å²) in [6, 6.07) is 6.30. The molecule has 0 unspecified atom stereocenters. The second-order valence-corrected chi connectivity index (χ2v) is 5.42. The summed E-state index contributed by atoms with van der Waals surface area (Å²) in [5, 5.41) is 19.8. The molecular weight excluding hydrogens is 298 g/mol. The fraction of sp³-hybridized carbons (Fsp3) is 0.533. The molecule has 1 saturated heterocycles. The number of nitrogens with one attached hydrogen (secondary N) is 3. The lowest BCUT2D eigenvalue weighted by molar-refractivity contribution is -0.383.